The minimum absolute atomic E-state index is 0.244. The van der Waals surface area contributed by atoms with Crippen molar-refractivity contribution in [2.24, 2.45) is 5.10 Å². The number of nitrogens with zero attached hydrogens (tertiary/aromatic N) is 3. The van der Waals surface area contributed by atoms with Gasteiger partial charge in [-0.3, -0.25) is 4.79 Å². The van der Waals surface area contributed by atoms with Crippen LogP contribution in [0, 0.1) is 0 Å². The minimum atomic E-state index is -1.06. The lowest BCUT2D eigenvalue weighted by atomic mass is 10.2. The average Bonchev–Trinajstić information content (AvgIpc) is 3.26. The first-order valence-corrected chi connectivity index (χ1v) is 10.6. The summed E-state index contributed by atoms with van der Waals surface area (Å²) in [6, 6.07) is 20.6. The number of hydrogen-bond acceptors (Lipinski definition) is 6. The summed E-state index contributed by atoms with van der Waals surface area (Å²) in [6.45, 7) is -0.433. The van der Waals surface area contributed by atoms with E-state index in [0.717, 1.165) is 5.39 Å². The largest absolute Gasteiger partial charge is 0.482 e. The summed E-state index contributed by atoms with van der Waals surface area (Å²) in [5.41, 5.74) is 1.45. The van der Waals surface area contributed by atoms with Crippen molar-refractivity contribution >= 4 is 45.7 Å². The van der Waals surface area contributed by atoms with E-state index in [0.29, 0.717) is 38.6 Å². The Balaban J connectivity index is 1.58. The monoisotopic (exact) mass is 473 g/mol. The molecule has 0 aliphatic carbocycles. The molecule has 3 aromatic carbocycles. The molecule has 0 amide bonds. The van der Waals surface area contributed by atoms with Crippen molar-refractivity contribution in [1.82, 2.24) is 9.66 Å². The van der Waals surface area contributed by atoms with Gasteiger partial charge in [0.2, 0.25) is 5.82 Å². The Bertz CT molecular complexity index is 1620. The molecule has 0 unspecified atom stereocenters. The molecule has 1 N–H and O–H groups in total. The summed E-state index contributed by atoms with van der Waals surface area (Å²) in [7, 11) is 0. The first kappa shape index (κ1) is 21.4. The van der Waals surface area contributed by atoms with E-state index in [2.05, 4.69) is 10.1 Å². The Morgan fingerprint density at radius 3 is 2.71 bits per heavy atom. The van der Waals surface area contributed by atoms with Crippen molar-refractivity contribution in [3.05, 3.63) is 93.7 Å². The van der Waals surface area contributed by atoms with Crippen molar-refractivity contribution in [2.75, 3.05) is 6.61 Å². The lowest BCUT2D eigenvalue weighted by Crippen LogP contribution is -2.20. The molecule has 0 aliphatic rings. The van der Waals surface area contributed by atoms with Gasteiger partial charge in [0.15, 0.2) is 12.4 Å². The number of carboxylic acids is 1. The van der Waals surface area contributed by atoms with Gasteiger partial charge in [-0.05, 0) is 66.2 Å². The Morgan fingerprint density at radius 1 is 1.12 bits per heavy atom. The fourth-order valence-electron chi connectivity index (χ4n) is 3.43. The summed E-state index contributed by atoms with van der Waals surface area (Å²) in [6.07, 6.45) is 1.50. The maximum atomic E-state index is 13.3. The van der Waals surface area contributed by atoms with Crippen LogP contribution < -0.4 is 10.3 Å². The van der Waals surface area contributed by atoms with E-state index in [1.807, 2.05) is 0 Å². The molecule has 8 nitrogen and oxygen atoms in total. The van der Waals surface area contributed by atoms with Gasteiger partial charge >= 0.3 is 5.97 Å². The average molecular weight is 474 g/mol. The Morgan fingerprint density at radius 2 is 1.91 bits per heavy atom. The van der Waals surface area contributed by atoms with Gasteiger partial charge in [0.25, 0.3) is 5.56 Å². The van der Waals surface area contributed by atoms with Crippen molar-refractivity contribution < 1.29 is 19.1 Å². The van der Waals surface area contributed by atoms with Gasteiger partial charge < -0.3 is 14.3 Å². The smallest absolute Gasteiger partial charge is 0.341 e. The number of carboxylic acid groups (broad SMARTS) is 1. The lowest BCUT2D eigenvalue weighted by Gasteiger charge is -2.07. The number of hydrogen-bond donors (Lipinski definition) is 1. The fraction of sp³-hybridized carbons (Fsp3) is 0.0400. The molecule has 0 radical (unpaired) electrons. The lowest BCUT2D eigenvalue weighted by molar-refractivity contribution is -0.139. The second-order valence-electron chi connectivity index (χ2n) is 7.36. The fourth-order valence-corrected chi connectivity index (χ4v) is 3.61. The van der Waals surface area contributed by atoms with Crippen LogP contribution in [-0.2, 0) is 4.79 Å². The summed E-state index contributed by atoms with van der Waals surface area (Å²) in [5, 5.41) is 14.9. The van der Waals surface area contributed by atoms with Crippen LogP contribution in [0.1, 0.15) is 5.56 Å². The molecular weight excluding hydrogens is 458 g/mol. The van der Waals surface area contributed by atoms with Crippen molar-refractivity contribution in [3.8, 4) is 17.3 Å². The number of aromatic nitrogens is 2. The quantitative estimate of drug-likeness (QED) is 0.355. The molecule has 0 bridgehead atoms. The molecule has 34 heavy (non-hydrogen) atoms. The molecule has 2 heterocycles. The van der Waals surface area contributed by atoms with Crippen LogP contribution in [0.25, 0.3) is 33.5 Å². The number of halogens is 1. The normalized spacial score (nSPS) is 11.4. The highest BCUT2D eigenvalue weighted by Crippen LogP contribution is 2.29. The molecule has 0 spiro atoms. The number of benzene rings is 3. The van der Waals surface area contributed by atoms with E-state index in [4.69, 9.17) is 25.9 Å². The van der Waals surface area contributed by atoms with Gasteiger partial charge in [0, 0.05) is 10.4 Å². The third-order valence-electron chi connectivity index (χ3n) is 5.02. The Kier molecular flexibility index (Phi) is 5.57. The number of furan rings is 1. The summed E-state index contributed by atoms with van der Waals surface area (Å²) >= 11 is 6.10. The maximum absolute atomic E-state index is 13.3. The number of rotatable bonds is 6. The van der Waals surface area contributed by atoms with Gasteiger partial charge in [-0.15, -0.1) is 0 Å². The van der Waals surface area contributed by atoms with Gasteiger partial charge in [0.1, 0.15) is 11.3 Å². The highest BCUT2D eigenvalue weighted by molar-refractivity contribution is 6.31. The molecule has 168 valence electrons. The van der Waals surface area contributed by atoms with Gasteiger partial charge in [-0.2, -0.15) is 9.78 Å². The van der Waals surface area contributed by atoms with Crippen LogP contribution in [0.15, 0.2) is 87.1 Å². The standard InChI is InChI=1S/C25H16ClN3O5/c26-17-7-10-21-16(11-17)12-22(34-21)24-28-20-4-2-1-3-19(20)25(32)29(24)27-13-15-5-8-18(9-6-15)33-14-23(30)31/h1-13H,14H2,(H,30,31). The van der Waals surface area contributed by atoms with Gasteiger partial charge in [0.05, 0.1) is 17.1 Å². The zero-order valence-corrected chi connectivity index (χ0v) is 18.3. The van der Waals surface area contributed by atoms with E-state index >= 15 is 0 Å². The number of fused-ring (bicyclic) bond motifs is 2. The van der Waals surface area contributed by atoms with Gasteiger partial charge in [-0.1, -0.05) is 23.7 Å². The van der Waals surface area contributed by atoms with E-state index in [1.165, 1.54) is 10.9 Å². The number of aliphatic carboxylic acids is 1. The summed E-state index contributed by atoms with van der Waals surface area (Å²) in [4.78, 5) is 28.6. The van der Waals surface area contributed by atoms with Crippen LogP contribution in [0.4, 0.5) is 0 Å². The van der Waals surface area contributed by atoms with Crippen LogP contribution in [0.3, 0.4) is 0 Å². The molecule has 5 aromatic rings. The van der Waals surface area contributed by atoms with Crippen molar-refractivity contribution in [2.45, 2.75) is 0 Å². The molecule has 9 heteroatoms. The Labute approximate surface area is 197 Å². The molecule has 0 saturated heterocycles. The molecule has 0 saturated carbocycles. The number of ether oxygens (including phenoxy) is 1. The molecule has 0 fully saturated rings. The van der Waals surface area contributed by atoms with Crippen LogP contribution in [0.5, 0.6) is 5.75 Å². The molecular formula is C25H16ClN3O5. The zero-order chi connectivity index (χ0) is 23.7. The highest BCUT2D eigenvalue weighted by atomic mass is 35.5. The third-order valence-corrected chi connectivity index (χ3v) is 5.25. The summed E-state index contributed by atoms with van der Waals surface area (Å²) < 4.78 is 12.3. The second-order valence-corrected chi connectivity index (χ2v) is 7.79. The van der Waals surface area contributed by atoms with E-state index in [-0.39, 0.29) is 11.4 Å². The highest BCUT2D eigenvalue weighted by Gasteiger charge is 2.16. The maximum Gasteiger partial charge on any atom is 0.341 e. The third kappa shape index (κ3) is 4.26. The van der Waals surface area contributed by atoms with Crippen LogP contribution >= 0.6 is 11.6 Å². The molecule has 0 atom stereocenters. The van der Waals surface area contributed by atoms with E-state index in [1.54, 1.807) is 72.8 Å². The van der Waals surface area contributed by atoms with Crippen molar-refractivity contribution in [3.63, 3.8) is 0 Å². The zero-order valence-electron chi connectivity index (χ0n) is 17.5. The van der Waals surface area contributed by atoms with Crippen LogP contribution in [0.2, 0.25) is 5.02 Å². The van der Waals surface area contributed by atoms with E-state index < -0.39 is 12.6 Å². The predicted molar refractivity (Wildman–Crippen MR) is 129 cm³/mol. The van der Waals surface area contributed by atoms with E-state index in [9.17, 15) is 9.59 Å². The SMILES string of the molecule is O=C(O)COc1ccc(C=Nn2c(-c3cc4cc(Cl)ccc4o3)nc3ccccc3c2=O)cc1. The second kappa shape index (κ2) is 8.84. The first-order chi connectivity index (χ1) is 16.5. The minimum Gasteiger partial charge on any atom is -0.482 e. The number of carbonyl (C=O) groups is 1. The van der Waals surface area contributed by atoms with Gasteiger partial charge in [-0.25, -0.2) is 9.78 Å². The first-order valence-electron chi connectivity index (χ1n) is 10.2. The topological polar surface area (TPSA) is 107 Å². The van der Waals surface area contributed by atoms with Crippen molar-refractivity contribution in [1.29, 1.82) is 0 Å². The Hall–Kier alpha value is -4.43. The molecule has 5 rings (SSSR count). The molecule has 0 aliphatic heterocycles. The number of para-hydroxylation sites is 1. The molecule has 2 aromatic heterocycles. The van der Waals surface area contributed by atoms with Crippen LogP contribution in [-0.4, -0.2) is 33.6 Å². The predicted octanol–water partition coefficient (Wildman–Crippen LogP) is 4.81. The summed E-state index contributed by atoms with van der Waals surface area (Å²) in [5.74, 6) is -0.0386.